The molecule has 0 amide bonds. The number of nitrogens with one attached hydrogen (secondary N) is 1. The molecule has 0 saturated heterocycles. The first-order valence-corrected chi connectivity index (χ1v) is 7.22. The van der Waals surface area contributed by atoms with Gasteiger partial charge in [-0.3, -0.25) is 11.3 Å². The van der Waals surface area contributed by atoms with Crippen LogP contribution in [0.1, 0.15) is 62.6 Å². The van der Waals surface area contributed by atoms with E-state index in [0.717, 1.165) is 6.42 Å². The zero-order valence-electron chi connectivity index (χ0n) is 10.5. The monoisotopic (exact) mass is 240 g/mol. The SMILES string of the molecule is CCCCCCCC(NN)c1cscc1C. The minimum absolute atomic E-state index is 0.341. The van der Waals surface area contributed by atoms with Crippen molar-refractivity contribution < 1.29 is 0 Å². The number of unbranched alkanes of at least 4 members (excludes halogenated alkanes) is 4. The number of aryl methyl sites for hydroxylation is 1. The van der Waals surface area contributed by atoms with Gasteiger partial charge >= 0.3 is 0 Å². The van der Waals surface area contributed by atoms with E-state index in [1.165, 1.54) is 43.2 Å². The predicted molar refractivity (Wildman–Crippen MR) is 72.5 cm³/mol. The van der Waals surface area contributed by atoms with Crippen LogP contribution in [0.5, 0.6) is 0 Å². The van der Waals surface area contributed by atoms with Crippen LogP contribution in [-0.2, 0) is 0 Å². The lowest BCUT2D eigenvalue weighted by Gasteiger charge is -2.15. The van der Waals surface area contributed by atoms with Crippen molar-refractivity contribution in [1.29, 1.82) is 0 Å². The van der Waals surface area contributed by atoms with E-state index in [1.54, 1.807) is 11.3 Å². The molecule has 1 unspecified atom stereocenters. The van der Waals surface area contributed by atoms with Gasteiger partial charge in [-0.1, -0.05) is 39.0 Å². The highest BCUT2D eigenvalue weighted by molar-refractivity contribution is 7.08. The normalized spacial score (nSPS) is 12.9. The number of hydrogen-bond acceptors (Lipinski definition) is 3. The molecule has 3 N–H and O–H groups in total. The molecule has 0 aliphatic carbocycles. The number of nitrogens with two attached hydrogens (primary N) is 1. The molecule has 0 fully saturated rings. The molecule has 1 aromatic heterocycles. The summed E-state index contributed by atoms with van der Waals surface area (Å²) in [6.07, 6.45) is 7.77. The quantitative estimate of drug-likeness (QED) is 0.410. The van der Waals surface area contributed by atoms with Crippen molar-refractivity contribution in [3.05, 3.63) is 21.9 Å². The van der Waals surface area contributed by atoms with Crippen LogP contribution in [0.15, 0.2) is 10.8 Å². The second kappa shape index (κ2) is 7.82. The lowest BCUT2D eigenvalue weighted by molar-refractivity contribution is 0.478. The molecule has 0 radical (unpaired) electrons. The second-order valence-corrected chi connectivity index (χ2v) is 5.18. The fraction of sp³-hybridized carbons (Fsp3) is 0.692. The van der Waals surface area contributed by atoms with Gasteiger partial charge in [0.1, 0.15) is 0 Å². The summed E-state index contributed by atoms with van der Waals surface area (Å²) in [7, 11) is 0. The Balaban J connectivity index is 2.30. The van der Waals surface area contributed by atoms with Gasteiger partial charge in [-0.15, -0.1) is 0 Å². The van der Waals surface area contributed by atoms with Crippen molar-refractivity contribution in [2.24, 2.45) is 5.84 Å². The summed E-state index contributed by atoms with van der Waals surface area (Å²) in [5, 5.41) is 4.41. The largest absolute Gasteiger partial charge is 0.271 e. The third kappa shape index (κ3) is 4.24. The molecule has 2 nitrogen and oxygen atoms in total. The molecular formula is C13H24N2S. The summed E-state index contributed by atoms with van der Waals surface area (Å²) in [6, 6.07) is 0.341. The van der Waals surface area contributed by atoms with E-state index in [2.05, 4.69) is 30.0 Å². The maximum Gasteiger partial charge on any atom is 0.0470 e. The molecule has 1 atom stereocenters. The van der Waals surface area contributed by atoms with Gasteiger partial charge in [0, 0.05) is 6.04 Å². The zero-order chi connectivity index (χ0) is 11.8. The van der Waals surface area contributed by atoms with Gasteiger partial charge < -0.3 is 0 Å². The van der Waals surface area contributed by atoms with Crippen molar-refractivity contribution in [3.63, 3.8) is 0 Å². The number of thiophene rings is 1. The Bertz CT molecular complexity index is 283. The second-order valence-electron chi connectivity index (χ2n) is 4.43. The average molecular weight is 240 g/mol. The highest BCUT2D eigenvalue weighted by Crippen LogP contribution is 2.25. The Morgan fingerprint density at radius 3 is 2.56 bits per heavy atom. The van der Waals surface area contributed by atoms with Crippen LogP contribution in [0.3, 0.4) is 0 Å². The topological polar surface area (TPSA) is 38.0 Å². The van der Waals surface area contributed by atoms with E-state index >= 15 is 0 Å². The maximum absolute atomic E-state index is 5.63. The van der Waals surface area contributed by atoms with E-state index in [9.17, 15) is 0 Å². The van der Waals surface area contributed by atoms with Crippen LogP contribution in [0, 0.1) is 6.92 Å². The Morgan fingerprint density at radius 1 is 1.25 bits per heavy atom. The van der Waals surface area contributed by atoms with Crippen molar-refractivity contribution in [2.45, 2.75) is 58.4 Å². The molecule has 1 rings (SSSR count). The third-order valence-corrected chi connectivity index (χ3v) is 3.95. The highest BCUT2D eigenvalue weighted by atomic mass is 32.1. The Morgan fingerprint density at radius 2 is 2.00 bits per heavy atom. The first-order chi connectivity index (χ1) is 7.79. The summed E-state index contributed by atoms with van der Waals surface area (Å²) in [6.45, 7) is 4.41. The van der Waals surface area contributed by atoms with Gasteiger partial charge in [0.2, 0.25) is 0 Å². The van der Waals surface area contributed by atoms with Crippen molar-refractivity contribution in [3.8, 4) is 0 Å². The highest BCUT2D eigenvalue weighted by Gasteiger charge is 2.12. The molecule has 1 heterocycles. The number of hydrazine groups is 1. The van der Waals surface area contributed by atoms with Crippen LogP contribution < -0.4 is 11.3 Å². The Hall–Kier alpha value is -0.380. The summed E-state index contributed by atoms with van der Waals surface area (Å²) in [5.74, 6) is 5.63. The van der Waals surface area contributed by atoms with E-state index < -0.39 is 0 Å². The van der Waals surface area contributed by atoms with E-state index in [0.29, 0.717) is 6.04 Å². The van der Waals surface area contributed by atoms with Gasteiger partial charge in [0.05, 0.1) is 0 Å². The molecule has 0 aliphatic rings. The summed E-state index contributed by atoms with van der Waals surface area (Å²) in [5.41, 5.74) is 5.68. The predicted octanol–water partition coefficient (Wildman–Crippen LogP) is 3.92. The van der Waals surface area contributed by atoms with E-state index in [4.69, 9.17) is 5.84 Å². The molecular weight excluding hydrogens is 216 g/mol. The first-order valence-electron chi connectivity index (χ1n) is 6.28. The minimum Gasteiger partial charge on any atom is -0.271 e. The average Bonchev–Trinajstić information content (AvgIpc) is 2.70. The van der Waals surface area contributed by atoms with Gasteiger partial charge in [-0.25, -0.2) is 0 Å². The third-order valence-electron chi connectivity index (χ3n) is 3.07. The number of hydrogen-bond donors (Lipinski definition) is 2. The molecule has 92 valence electrons. The molecule has 0 spiro atoms. The smallest absolute Gasteiger partial charge is 0.0470 e. The van der Waals surface area contributed by atoms with Crippen molar-refractivity contribution in [1.82, 2.24) is 5.43 Å². The molecule has 3 heteroatoms. The standard InChI is InChI=1S/C13H24N2S/c1-3-4-5-6-7-8-13(15-14)12-10-16-9-11(12)2/h9-10,13,15H,3-8,14H2,1-2H3. The van der Waals surface area contributed by atoms with Gasteiger partial charge in [0.15, 0.2) is 0 Å². The molecule has 0 aromatic carbocycles. The van der Waals surface area contributed by atoms with Crippen molar-refractivity contribution in [2.75, 3.05) is 0 Å². The Kier molecular flexibility index (Phi) is 6.69. The molecule has 0 saturated carbocycles. The molecule has 0 aliphatic heterocycles. The minimum atomic E-state index is 0.341. The maximum atomic E-state index is 5.63. The van der Waals surface area contributed by atoms with Gasteiger partial charge in [-0.2, -0.15) is 11.3 Å². The number of rotatable bonds is 8. The summed E-state index contributed by atoms with van der Waals surface area (Å²) < 4.78 is 0. The molecule has 1 aromatic rings. The van der Waals surface area contributed by atoms with Crippen LogP contribution >= 0.6 is 11.3 Å². The van der Waals surface area contributed by atoms with Gasteiger partial charge in [0.25, 0.3) is 0 Å². The lowest BCUT2D eigenvalue weighted by atomic mass is 10.0. The Labute approximate surface area is 103 Å². The first kappa shape index (κ1) is 13.7. The zero-order valence-corrected chi connectivity index (χ0v) is 11.3. The fourth-order valence-electron chi connectivity index (χ4n) is 2.01. The van der Waals surface area contributed by atoms with Crippen LogP contribution in [0.4, 0.5) is 0 Å². The van der Waals surface area contributed by atoms with Gasteiger partial charge in [-0.05, 0) is 35.2 Å². The fourth-order valence-corrected chi connectivity index (χ4v) is 2.91. The summed E-state index contributed by atoms with van der Waals surface area (Å²) in [4.78, 5) is 0. The van der Waals surface area contributed by atoms with Crippen LogP contribution in [0.2, 0.25) is 0 Å². The lowest BCUT2D eigenvalue weighted by Crippen LogP contribution is -2.28. The molecule has 0 bridgehead atoms. The summed E-state index contributed by atoms with van der Waals surface area (Å²) >= 11 is 1.76. The van der Waals surface area contributed by atoms with Crippen LogP contribution in [0.25, 0.3) is 0 Å². The van der Waals surface area contributed by atoms with Crippen molar-refractivity contribution >= 4 is 11.3 Å². The van der Waals surface area contributed by atoms with E-state index in [1.807, 2.05) is 0 Å². The van der Waals surface area contributed by atoms with Crippen LogP contribution in [-0.4, -0.2) is 0 Å². The molecule has 16 heavy (non-hydrogen) atoms. The van der Waals surface area contributed by atoms with E-state index in [-0.39, 0.29) is 0 Å².